The standard InChI is InChI=1S/C18H28N2O/c1-2-14-7-3-4-8-15(14)17(13-19)20-11-12-21-18-10-6-5-9-16(18)20/h3-4,7-8,16-18H,2,5-6,9-13,19H2,1H3. The summed E-state index contributed by atoms with van der Waals surface area (Å²) >= 11 is 0. The van der Waals surface area contributed by atoms with Gasteiger partial charge in [-0.05, 0) is 30.4 Å². The Labute approximate surface area is 128 Å². The molecule has 1 aromatic carbocycles. The average Bonchev–Trinajstić information content (AvgIpc) is 2.56. The molecule has 0 spiro atoms. The highest BCUT2D eigenvalue weighted by Crippen LogP contribution is 2.34. The monoisotopic (exact) mass is 288 g/mol. The van der Waals surface area contributed by atoms with Gasteiger partial charge in [0, 0.05) is 25.2 Å². The van der Waals surface area contributed by atoms with Crippen LogP contribution in [0, 0.1) is 0 Å². The molecule has 3 nitrogen and oxygen atoms in total. The van der Waals surface area contributed by atoms with E-state index >= 15 is 0 Å². The molecule has 1 aliphatic heterocycles. The molecule has 1 saturated carbocycles. The van der Waals surface area contributed by atoms with Crippen LogP contribution in [0.1, 0.15) is 49.8 Å². The molecule has 2 N–H and O–H groups in total. The lowest BCUT2D eigenvalue weighted by atomic mass is 9.87. The number of hydrogen-bond acceptors (Lipinski definition) is 3. The van der Waals surface area contributed by atoms with E-state index in [0.29, 0.717) is 24.7 Å². The molecule has 21 heavy (non-hydrogen) atoms. The van der Waals surface area contributed by atoms with Crippen molar-refractivity contribution in [3.05, 3.63) is 35.4 Å². The zero-order valence-electron chi connectivity index (χ0n) is 13.1. The van der Waals surface area contributed by atoms with E-state index in [-0.39, 0.29) is 0 Å². The molecule has 1 saturated heterocycles. The Bertz CT molecular complexity index is 460. The van der Waals surface area contributed by atoms with E-state index in [1.807, 2.05) is 0 Å². The number of aryl methyl sites for hydroxylation is 1. The molecule has 2 fully saturated rings. The Hall–Kier alpha value is -0.900. The number of ether oxygens (including phenoxy) is 1. The van der Waals surface area contributed by atoms with Crippen molar-refractivity contribution < 1.29 is 4.74 Å². The molecule has 0 amide bonds. The van der Waals surface area contributed by atoms with Crippen LogP contribution in [-0.2, 0) is 11.2 Å². The van der Waals surface area contributed by atoms with E-state index in [2.05, 4.69) is 36.1 Å². The van der Waals surface area contributed by atoms with Gasteiger partial charge in [0.05, 0.1) is 12.7 Å². The first kappa shape index (κ1) is 15.0. The lowest BCUT2D eigenvalue weighted by Crippen LogP contribution is -2.55. The molecule has 0 aromatic heterocycles. The number of benzene rings is 1. The summed E-state index contributed by atoms with van der Waals surface area (Å²) in [4.78, 5) is 2.64. The predicted octanol–water partition coefficient (Wildman–Crippen LogP) is 2.89. The molecular weight excluding hydrogens is 260 g/mol. The molecule has 3 rings (SSSR count). The van der Waals surface area contributed by atoms with Crippen LogP contribution in [0.5, 0.6) is 0 Å². The number of hydrogen-bond donors (Lipinski definition) is 1. The van der Waals surface area contributed by atoms with Crippen molar-refractivity contribution in [1.82, 2.24) is 4.90 Å². The summed E-state index contributed by atoms with van der Waals surface area (Å²) in [5.74, 6) is 0. The van der Waals surface area contributed by atoms with Crippen LogP contribution in [0.4, 0.5) is 0 Å². The zero-order chi connectivity index (χ0) is 14.7. The molecule has 116 valence electrons. The van der Waals surface area contributed by atoms with Crippen LogP contribution >= 0.6 is 0 Å². The summed E-state index contributed by atoms with van der Waals surface area (Å²) in [6, 6.07) is 9.70. The molecule has 3 atom stereocenters. The van der Waals surface area contributed by atoms with E-state index in [4.69, 9.17) is 10.5 Å². The van der Waals surface area contributed by atoms with Gasteiger partial charge in [0.25, 0.3) is 0 Å². The minimum Gasteiger partial charge on any atom is -0.375 e. The van der Waals surface area contributed by atoms with Crippen LogP contribution in [0.15, 0.2) is 24.3 Å². The third-order valence-corrected chi connectivity index (χ3v) is 5.19. The average molecular weight is 288 g/mol. The normalized spacial score (nSPS) is 28.1. The first-order valence-electron chi connectivity index (χ1n) is 8.50. The lowest BCUT2D eigenvalue weighted by Gasteiger charge is -2.47. The number of fused-ring (bicyclic) bond motifs is 1. The summed E-state index contributed by atoms with van der Waals surface area (Å²) < 4.78 is 6.02. The highest BCUT2D eigenvalue weighted by molar-refractivity contribution is 5.30. The Morgan fingerprint density at radius 2 is 2.10 bits per heavy atom. The van der Waals surface area contributed by atoms with Crippen molar-refractivity contribution in [3.8, 4) is 0 Å². The molecule has 0 bridgehead atoms. The van der Waals surface area contributed by atoms with Gasteiger partial charge in [-0.15, -0.1) is 0 Å². The van der Waals surface area contributed by atoms with Crippen molar-refractivity contribution in [2.24, 2.45) is 5.73 Å². The summed E-state index contributed by atoms with van der Waals surface area (Å²) in [6.07, 6.45) is 6.62. The maximum absolute atomic E-state index is 6.20. The minimum absolute atomic E-state index is 0.343. The maximum atomic E-state index is 6.20. The molecule has 1 aliphatic carbocycles. The van der Waals surface area contributed by atoms with Crippen LogP contribution < -0.4 is 5.73 Å². The summed E-state index contributed by atoms with van der Waals surface area (Å²) in [5.41, 5.74) is 9.06. The highest BCUT2D eigenvalue weighted by atomic mass is 16.5. The summed E-state index contributed by atoms with van der Waals surface area (Å²) in [5, 5.41) is 0. The number of nitrogens with zero attached hydrogens (tertiary/aromatic N) is 1. The van der Waals surface area contributed by atoms with Crippen LogP contribution in [-0.4, -0.2) is 36.7 Å². The Morgan fingerprint density at radius 3 is 2.90 bits per heavy atom. The SMILES string of the molecule is CCc1ccccc1C(CN)N1CCOC2CCCCC21. The number of morpholine rings is 1. The van der Waals surface area contributed by atoms with Gasteiger partial charge in [0.15, 0.2) is 0 Å². The second-order valence-corrected chi connectivity index (χ2v) is 6.30. The fourth-order valence-electron chi connectivity index (χ4n) is 4.14. The first-order chi connectivity index (χ1) is 10.3. The third kappa shape index (κ3) is 3.01. The van der Waals surface area contributed by atoms with Crippen molar-refractivity contribution in [2.45, 2.75) is 57.2 Å². The first-order valence-corrected chi connectivity index (χ1v) is 8.50. The summed E-state index contributed by atoms with van der Waals surface area (Å²) in [6.45, 7) is 4.79. The van der Waals surface area contributed by atoms with Gasteiger partial charge in [-0.25, -0.2) is 0 Å². The van der Waals surface area contributed by atoms with Crippen LogP contribution in [0.2, 0.25) is 0 Å². The fraction of sp³-hybridized carbons (Fsp3) is 0.667. The summed E-state index contributed by atoms with van der Waals surface area (Å²) in [7, 11) is 0. The molecule has 3 heteroatoms. The van der Waals surface area contributed by atoms with E-state index < -0.39 is 0 Å². The third-order valence-electron chi connectivity index (χ3n) is 5.19. The quantitative estimate of drug-likeness (QED) is 0.926. The van der Waals surface area contributed by atoms with Crippen LogP contribution in [0.25, 0.3) is 0 Å². The Kier molecular flexibility index (Phi) is 4.94. The van der Waals surface area contributed by atoms with Crippen LogP contribution in [0.3, 0.4) is 0 Å². The highest BCUT2D eigenvalue weighted by Gasteiger charge is 2.37. The van der Waals surface area contributed by atoms with Gasteiger partial charge < -0.3 is 10.5 Å². The minimum atomic E-state index is 0.343. The van der Waals surface area contributed by atoms with Crippen molar-refractivity contribution >= 4 is 0 Å². The molecule has 2 aliphatic rings. The van der Waals surface area contributed by atoms with Gasteiger partial charge in [-0.3, -0.25) is 4.90 Å². The number of rotatable bonds is 4. The second-order valence-electron chi connectivity index (χ2n) is 6.30. The van der Waals surface area contributed by atoms with Gasteiger partial charge in [-0.2, -0.15) is 0 Å². The largest absolute Gasteiger partial charge is 0.375 e. The Morgan fingerprint density at radius 1 is 1.29 bits per heavy atom. The molecule has 1 heterocycles. The zero-order valence-corrected chi connectivity index (χ0v) is 13.1. The van der Waals surface area contributed by atoms with E-state index in [0.717, 1.165) is 19.6 Å². The van der Waals surface area contributed by atoms with E-state index in [1.54, 1.807) is 0 Å². The van der Waals surface area contributed by atoms with Crippen molar-refractivity contribution in [1.29, 1.82) is 0 Å². The van der Waals surface area contributed by atoms with Gasteiger partial charge >= 0.3 is 0 Å². The maximum Gasteiger partial charge on any atom is 0.0731 e. The van der Waals surface area contributed by atoms with Gasteiger partial charge in [0.2, 0.25) is 0 Å². The van der Waals surface area contributed by atoms with Gasteiger partial charge in [0.1, 0.15) is 0 Å². The van der Waals surface area contributed by atoms with E-state index in [9.17, 15) is 0 Å². The number of nitrogens with two attached hydrogens (primary N) is 1. The molecular formula is C18H28N2O. The Balaban J connectivity index is 1.87. The van der Waals surface area contributed by atoms with E-state index in [1.165, 1.54) is 36.8 Å². The van der Waals surface area contributed by atoms with Gasteiger partial charge in [-0.1, -0.05) is 44.0 Å². The molecule has 3 unspecified atom stereocenters. The predicted molar refractivity (Wildman–Crippen MR) is 86.3 cm³/mol. The molecule has 1 aromatic rings. The topological polar surface area (TPSA) is 38.5 Å². The van der Waals surface area contributed by atoms with Crippen molar-refractivity contribution in [2.75, 3.05) is 19.7 Å². The lowest BCUT2D eigenvalue weighted by molar-refractivity contribution is -0.102. The fourth-order valence-corrected chi connectivity index (χ4v) is 4.14. The second kappa shape index (κ2) is 6.91. The molecule has 0 radical (unpaired) electrons. The smallest absolute Gasteiger partial charge is 0.0731 e. The van der Waals surface area contributed by atoms with Crippen molar-refractivity contribution in [3.63, 3.8) is 0 Å².